The van der Waals surface area contributed by atoms with Gasteiger partial charge >= 0.3 is 0 Å². The Hall–Kier alpha value is -3.62. The quantitative estimate of drug-likeness (QED) is 0.441. The Kier molecular flexibility index (Phi) is 4.58. The van der Waals surface area contributed by atoms with E-state index in [1.807, 2.05) is 31.2 Å². The second-order valence-electron chi connectivity index (χ2n) is 8.00. The van der Waals surface area contributed by atoms with Gasteiger partial charge in [0.05, 0.1) is 22.9 Å². The second-order valence-corrected chi connectivity index (χ2v) is 8.00. The molecular weight excluding hydrogens is 419 g/mol. The summed E-state index contributed by atoms with van der Waals surface area (Å²) >= 11 is 0. The number of benzene rings is 2. The zero-order chi connectivity index (χ0) is 22.7. The molecule has 0 spiro atoms. The summed E-state index contributed by atoms with van der Waals surface area (Å²) in [7, 11) is 3.41. The molecule has 1 aliphatic heterocycles. The first-order valence-electron chi connectivity index (χ1n) is 10.2. The number of hydrogen-bond donors (Lipinski definition) is 0. The van der Waals surface area contributed by atoms with Crippen LogP contribution in [0.25, 0.3) is 22.2 Å². The van der Waals surface area contributed by atoms with Gasteiger partial charge in [-0.05, 0) is 31.5 Å². The fraction of sp³-hybridized carbons (Fsp3) is 0.261. The molecule has 0 aliphatic carbocycles. The lowest BCUT2D eigenvalue weighted by Crippen LogP contribution is -2.39. The van der Waals surface area contributed by atoms with Crippen molar-refractivity contribution in [3.63, 3.8) is 0 Å². The molecule has 0 radical (unpaired) electrons. The van der Waals surface area contributed by atoms with Crippen LogP contribution in [0.5, 0.6) is 0 Å². The number of amides is 1. The van der Waals surface area contributed by atoms with E-state index in [0.717, 1.165) is 28.6 Å². The van der Waals surface area contributed by atoms with Crippen LogP contribution in [0.1, 0.15) is 34.7 Å². The molecule has 0 N–H and O–H groups in total. The van der Waals surface area contributed by atoms with Gasteiger partial charge in [0.25, 0.3) is 5.91 Å². The van der Waals surface area contributed by atoms with E-state index in [1.54, 1.807) is 23.7 Å². The second kappa shape index (κ2) is 7.22. The molecule has 4 aromatic rings. The molecule has 1 amide bonds. The first-order chi connectivity index (χ1) is 15.3. The van der Waals surface area contributed by atoms with Crippen LogP contribution in [0.4, 0.5) is 13.2 Å². The van der Waals surface area contributed by atoms with Crippen LogP contribution in [0.3, 0.4) is 0 Å². The Bertz CT molecular complexity index is 1370. The number of nitrogens with zero attached hydrogens (tertiary/aromatic N) is 5. The third-order valence-electron chi connectivity index (χ3n) is 6.10. The van der Waals surface area contributed by atoms with Gasteiger partial charge < -0.3 is 4.90 Å². The summed E-state index contributed by atoms with van der Waals surface area (Å²) < 4.78 is 44.3. The van der Waals surface area contributed by atoms with Crippen molar-refractivity contribution < 1.29 is 18.0 Å². The number of aromatic nitrogens is 4. The molecule has 3 heterocycles. The SMILES string of the molecule is C[C@H]1c2nn(C)c(-c3cc(F)c(F)c(F)c3)c2CCN1C(=O)c1c2ccccc2nn1C. The standard InChI is InChI=1S/C23H20F3N5O/c1-12-20-15(21(29(2)28-20)13-10-16(24)19(26)17(25)11-13)8-9-31(12)23(32)22-14-6-4-5-7-18(14)27-30(22)3/h4-7,10-12H,8-9H2,1-3H3/t12-/m0/s1. The predicted octanol–water partition coefficient (Wildman–Crippen LogP) is 4.15. The molecule has 0 fully saturated rings. The van der Waals surface area contributed by atoms with Crippen molar-refractivity contribution in [1.29, 1.82) is 0 Å². The van der Waals surface area contributed by atoms with Crippen LogP contribution >= 0.6 is 0 Å². The van der Waals surface area contributed by atoms with Crippen molar-refractivity contribution in [1.82, 2.24) is 24.5 Å². The monoisotopic (exact) mass is 439 g/mol. The summed E-state index contributed by atoms with van der Waals surface area (Å²) in [5.41, 5.74) is 3.41. The molecule has 0 unspecified atom stereocenters. The van der Waals surface area contributed by atoms with Crippen molar-refractivity contribution in [3.05, 3.63) is 70.8 Å². The summed E-state index contributed by atoms with van der Waals surface area (Å²) in [6.07, 6.45) is 0.449. The molecule has 5 rings (SSSR count). The van der Waals surface area contributed by atoms with E-state index in [2.05, 4.69) is 10.2 Å². The van der Waals surface area contributed by atoms with Crippen LogP contribution in [0, 0.1) is 17.5 Å². The van der Waals surface area contributed by atoms with Gasteiger partial charge in [-0.15, -0.1) is 0 Å². The van der Waals surface area contributed by atoms with Crippen LogP contribution in [-0.2, 0) is 20.5 Å². The minimum absolute atomic E-state index is 0.162. The van der Waals surface area contributed by atoms with Gasteiger partial charge in [0.2, 0.25) is 0 Å². The smallest absolute Gasteiger partial charge is 0.273 e. The van der Waals surface area contributed by atoms with E-state index in [-0.39, 0.29) is 17.5 Å². The third-order valence-corrected chi connectivity index (χ3v) is 6.10. The minimum Gasteiger partial charge on any atom is -0.329 e. The van der Waals surface area contributed by atoms with Gasteiger partial charge in [-0.1, -0.05) is 18.2 Å². The van der Waals surface area contributed by atoms with Crippen LogP contribution in [0.15, 0.2) is 36.4 Å². The fourth-order valence-corrected chi connectivity index (χ4v) is 4.61. The van der Waals surface area contributed by atoms with Crippen molar-refractivity contribution >= 4 is 16.8 Å². The summed E-state index contributed by atoms with van der Waals surface area (Å²) in [6, 6.07) is 9.04. The number of carbonyl (C=O) groups excluding carboxylic acids is 1. The third kappa shape index (κ3) is 2.91. The maximum atomic E-state index is 13.9. The molecule has 1 atom stereocenters. The zero-order valence-corrected chi connectivity index (χ0v) is 17.7. The Morgan fingerprint density at radius 2 is 1.72 bits per heavy atom. The molecule has 164 valence electrons. The highest BCUT2D eigenvalue weighted by Crippen LogP contribution is 2.37. The van der Waals surface area contributed by atoms with Gasteiger partial charge in [-0.3, -0.25) is 14.2 Å². The number of carbonyl (C=O) groups is 1. The normalized spacial score (nSPS) is 15.9. The predicted molar refractivity (Wildman–Crippen MR) is 112 cm³/mol. The molecule has 0 bridgehead atoms. The highest BCUT2D eigenvalue weighted by atomic mass is 19.2. The maximum absolute atomic E-state index is 13.9. The average molecular weight is 439 g/mol. The van der Waals surface area contributed by atoms with E-state index in [4.69, 9.17) is 0 Å². The van der Waals surface area contributed by atoms with E-state index < -0.39 is 17.5 Å². The van der Waals surface area contributed by atoms with Gasteiger partial charge in [-0.25, -0.2) is 13.2 Å². The van der Waals surface area contributed by atoms with Crippen LogP contribution in [-0.4, -0.2) is 36.9 Å². The minimum atomic E-state index is -1.50. The summed E-state index contributed by atoms with van der Waals surface area (Å²) in [5.74, 6) is -4.17. The average Bonchev–Trinajstić information content (AvgIpc) is 3.27. The lowest BCUT2D eigenvalue weighted by atomic mass is 9.95. The Labute approximate surface area is 181 Å². The first kappa shape index (κ1) is 20.3. The molecule has 0 saturated heterocycles. The van der Waals surface area contributed by atoms with E-state index in [0.29, 0.717) is 30.0 Å². The molecule has 2 aromatic heterocycles. The fourth-order valence-electron chi connectivity index (χ4n) is 4.61. The van der Waals surface area contributed by atoms with Crippen LogP contribution < -0.4 is 0 Å². The number of hydrogen-bond acceptors (Lipinski definition) is 3. The van der Waals surface area contributed by atoms with Gasteiger partial charge in [-0.2, -0.15) is 10.2 Å². The summed E-state index contributed by atoms with van der Waals surface area (Å²) in [6.45, 7) is 2.27. The first-order valence-corrected chi connectivity index (χ1v) is 10.2. The largest absolute Gasteiger partial charge is 0.329 e. The maximum Gasteiger partial charge on any atom is 0.273 e. The highest BCUT2D eigenvalue weighted by molar-refractivity contribution is 6.05. The molecule has 2 aromatic carbocycles. The zero-order valence-electron chi connectivity index (χ0n) is 17.7. The van der Waals surface area contributed by atoms with Gasteiger partial charge in [0.1, 0.15) is 5.69 Å². The lowest BCUT2D eigenvalue weighted by molar-refractivity contribution is 0.0664. The van der Waals surface area contributed by atoms with Crippen LogP contribution in [0.2, 0.25) is 0 Å². The molecule has 1 aliphatic rings. The van der Waals surface area contributed by atoms with Gasteiger partial charge in [0.15, 0.2) is 17.5 Å². The molecule has 9 heteroatoms. The van der Waals surface area contributed by atoms with E-state index in [1.165, 1.54) is 4.68 Å². The van der Waals surface area contributed by atoms with Crippen molar-refractivity contribution in [3.8, 4) is 11.3 Å². The molecule has 0 saturated carbocycles. The number of fused-ring (bicyclic) bond motifs is 2. The summed E-state index contributed by atoms with van der Waals surface area (Å²) in [5, 5.41) is 9.75. The highest BCUT2D eigenvalue weighted by Gasteiger charge is 2.35. The Balaban J connectivity index is 1.55. The van der Waals surface area contributed by atoms with E-state index in [9.17, 15) is 18.0 Å². The van der Waals surface area contributed by atoms with Crippen molar-refractivity contribution in [2.24, 2.45) is 14.1 Å². The van der Waals surface area contributed by atoms with Crippen molar-refractivity contribution in [2.75, 3.05) is 6.54 Å². The number of aryl methyl sites for hydroxylation is 2. The Morgan fingerprint density at radius 1 is 1.03 bits per heavy atom. The lowest BCUT2D eigenvalue weighted by Gasteiger charge is -2.33. The molecule has 32 heavy (non-hydrogen) atoms. The molecular formula is C23H20F3N5O. The topological polar surface area (TPSA) is 56.0 Å². The molecule has 6 nitrogen and oxygen atoms in total. The number of rotatable bonds is 2. The summed E-state index contributed by atoms with van der Waals surface area (Å²) in [4.78, 5) is 15.2. The van der Waals surface area contributed by atoms with Crippen molar-refractivity contribution in [2.45, 2.75) is 19.4 Å². The number of halogens is 3. The Morgan fingerprint density at radius 3 is 2.44 bits per heavy atom. The van der Waals surface area contributed by atoms with Gasteiger partial charge in [0, 0.05) is 37.2 Å². The van der Waals surface area contributed by atoms with E-state index >= 15 is 0 Å².